The molecule has 3 rings (SSSR count). The van der Waals surface area contributed by atoms with Crippen LogP contribution in [-0.4, -0.2) is 27.6 Å². The second-order valence-electron chi connectivity index (χ2n) is 6.23. The summed E-state index contributed by atoms with van der Waals surface area (Å²) >= 11 is 0. The molecule has 1 aromatic carbocycles. The molecule has 0 bridgehead atoms. The second-order valence-corrected chi connectivity index (χ2v) is 6.23. The van der Waals surface area contributed by atoms with Crippen molar-refractivity contribution < 1.29 is 9.59 Å². The first-order valence-electron chi connectivity index (χ1n) is 8.81. The molecular formula is C21H21N5O2. The number of carbonyl (C=O) groups is 2. The van der Waals surface area contributed by atoms with Crippen molar-refractivity contribution in [1.82, 2.24) is 20.3 Å². The molecule has 0 unspecified atom stereocenters. The van der Waals surface area contributed by atoms with Crippen LogP contribution in [0.1, 0.15) is 22.5 Å². The molecular weight excluding hydrogens is 354 g/mol. The van der Waals surface area contributed by atoms with Gasteiger partial charge in [0.2, 0.25) is 0 Å². The number of hydrazone groups is 1. The lowest BCUT2D eigenvalue weighted by Gasteiger charge is -2.08. The van der Waals surface area contributed by atoms with Crippen LogP contribution in [0, 0.1) is 13.8 Å². The lowest BCUT2D eigenvalue weighted by Crippen LogP contribution is -2.37. The molecule has 0 atom stereocenters. The maximum Gasteiger partial charge on any atom is 0.329 e. The molecule has 2 N–H and O–H groups in total. The summed E-state index contributed by atoms with van der Waals surface area (Å²) in [6.07, 6.45) is 4.78. The average molecular weight is 375 g/mol. The van der Waals surface area contributed by atoms with Gasteiger partial charge in [0.05, 0.1) is 6.21 Å². The minimum Gasteiger partial charge on any atom is -0.344 e. The highest BCUT2D eigenvalue weighted by Gasteiger charge is 2.13. The Morgan fingerprint density at radius 1 is 1.07 bits per heavy atom. The first-order valence-corrected chi connectivity index (χ1v) is 8.81. The van der Waals surface area contributed by atoms with E-state index in [4.69, 9.17) is 0 Å². The van der Waals surface area contributed by atoms with Crippen LogP contribution >= 0.6 is 0 Å². The van der Waals surface area contributed by atoms with E-state index in [1.54, 1.807) is 24.5 Å². The molecule has 142 valence electrons. The molecule has 0 aliphatic carbocycles. The average Bonchev–Trinajstić information content (AvgIpc) is 3.00. The van der Waals surface area contributed by atoms with Crippen LogP contribution in [0.3, 0.4) is 0 Å². The van der Waals surface area contributed by atoms with Crippen LogP contribution in [0.25, 0.3) is 5.69 Å². The van der Waals surface area contributed by atoms with E-state index in [9.17, 15) is 9.59 Å². The van der Waals surface area contributed by atoms with Crippen molar-refractivity contribution in [2.45, 2.75) is 20.4 Å². The summed E-state index contributed by atoms with van der Waals surface area (Å²) in [5, 5.41) is 6.45. The number of aromatic nitrogens is 2. The van der Waals surface area contributed by atoms with Crippen molar-refractivity contribution in [3.8, 4) is 5.69 Å². The molecule has 0 aliphatic heterocycles. The number of aryl methyl sites for hydroxylation is 1. The Kier molecular flexibility index (Phi) is 5.96. The second kappa shape index (κ2) is 8.77. The fraction of sp³-hybridized carbons (Fsp3) is 0.143. The van der Waals surface area contributed by atoms with Gasteiger partial charge in [0, 0.05) is 41.6 Å². The smallest absolute Gasteiger partial charge is 0.329 e. The number of hydrogen-bond donors (Lipinski definition) is 2. The molecule has 0 fully saturated rings. The Bertz CT molecular complexity index is 994. The largest absolute Gasteiger partial charge is 0.344 e. The highest BCUT2D eigenvalue weighted by atomic mass is 16.2. The van der Waals surface area contributed by atoms with E-state index in [-0.39, 0.29) is 6.54 Å². The summed E-state index contributed by atoms with van der Waals surface area (Å²) in [5.74, 6) is -1.56. The fourth-order valence-corrected chi connectivity index (χ4v) is 2.87. The first kappa shape index (κ1) is 19.0. The van der Waals surface area contributed by atoms with Crippen molar-refractivity contribution in [3.05, 3.63) is 83.4 Å². The number of para-hydroxylation sites is 1. The molecule has 2 amide bonds. The zero-order valence-corrected chi connectivity index (χ0v) is 15.7. The molecule has 2 heterocycles. The number of hydrogen-bond acceptors (Lipinski definition) is 4. The van der Waals surface area contributed by atoms with E-state index in [0.717, 1.165) is 28.2 Å². The third-order valence-corrected chi connectivity index (χ3v) is 4.26. The van der Waals surface area contributed by atoms with Crippen LogP contribution in [-0.2, 0) is 16.1 Å². The van der Waals surface area contributed by atoms with Gasteiger partial charge in [-0.05, 0) is 49.7 Å². The zero-order chi connectivity index (χ0) is 19.9. The quantitative estimate of drug-likeness (QED) is 0.407. The molecule has 7 nitrogen and oxygen atoms in total. The predicted molar refractivity (Wildman–Crippen MR) is 107 cm³/mol. The van der Waals surface area contributed by atoms with Crippen LogP contribution < -0.4 is 10.7 Å². The van der Waals surface area contributed by atoms with Gasteiger partial charge in [0.15, 0.2) is 0 Å². The molecule has 0 aliphatic rings. The molecule has 0 saturated carbocycles. The normalized spacial score (nSPS) is 10.8. The minimum absolute atomic E-state index is 0.247. The standard InChI is InChI=1S/C21H21N5O2/c1-15-12-18(16(2)26(15)19-6-4-3-5-7-19)14-24-25-21(28)20(27)23-13-17-8-10-22-11-9-17/h3-12,14H,13H2,1-2H3,(H,23,27)(H,25,28)/b24-14-. The zero-order valence-electron chi connectivity index (χ0n) is 15.7. The van der Waals surface area contributed by atoms with Gasteiger partial charge in [-0.1, -0.05) is 18.2 Å². The third kappa shape index (κ3) is 4.50. The van der Waals surface area contributed by atoms with Gasteiger partial charge in [0.25, 0.3) is 0 Å². The van der Waals surface area contributed by atoms with Gasteiger partial charge < -0.3 is 9.88 Å². The number of nitrogens with one attached hydrogen (secondary N) is 2. The summed E-state index contributed by atoms with van der Waals surface area (Å²) in [4.78, 5) is 27.6. The SMILES string of the molecule is Cc1cc(/C=N\NC(=O)C(=O)NCc2ccncc2)c(C)n1-c1ccccc1. The van der Waals surface area contributed by atoms with Crippen molar-refractivity contribution in [3.63, 3.8) is 0 Å². The lowest BCUT2D eigenvalue weighted by molar-refractivity contribution is -0.139. The van der Waals surface area contributed by atoms with Crippen molar-refractivity contribution in [1.29, 1.82) is 0 Å². The highest BCUT2D eigenvalue weighted by Crippen LogP contribution is 2.19. The number of amides is 2. The molecule has 0 spiro atoms. The van der Waals surface area contributed by atoms with Crippen molar-refractivity contribution in [2.75, 3.05) is 0 Å². The van der Waals surface area contributed by atoms with Gasteiger partial charge in [-0.25, -0.2) is 5.43 Å². The molecule has 3 aromatic rings. The summed E-state index contributed by atoms with van der Waals surface area (Å²) in [6.45, 7) is 4.23. The maximum absolute atomic E-state index is 11.9. The number of carbonyl (C=O) groups excluding carboxylic acids is 2. The Hall–Kier alpha value is -3.74. The van der Waals surface area contributed by atoms with Crippen molar-refractivity contribution >= 4 is 18.0 Å². The molecule has 0 saturated heterocycles. The summed E-state index contributed by atoms with van der Waals surface area (Å²) in [5.41, 5.74) is 7.06. The summed E-state index contributed by atoms with van der Waals surface area (Å²) < 4.78 is 2.10. The van der Waals surface area contributed by atoms with Crippen LogP contribution in [0.4, 0.5) is 0 Å². The van der Waals surface area contributed by atoms with Gasteiger partial charge in [-0.15, -0.1) is 0 Å². The van der Waals surface area contributed by atoms with E-state index < -0.39 is 11.8 Å². The number of benzene rings is 1. The van der Waals surface area contributed by atoms with Gasteiger partial charge in [-0.3, -0.25) is 14.6 Å². The Balaban J connectivity index is 1.60. The van der Waals surface area contributed by atoms with E-state index >= 15 is 0 Å². The Morgan fingerprint density at radius 2 is 1.79 bits per heavy atom. The van der Waals surface area contributed by atoms with Crippen molar-refractivity contribution in [2.24, 2.45) is 5.10 Å². The fourth-order valence-electron chi connectivity index (χ4n) is 2.87. The van der Waals surface area contributed by atoms with E-state index in [1.807, 2.05) is 50.2 Å². The highest BCUT2D eigenvalue weighted by molar-refractivity contribution is 6.35. The third-order valence-electron chi connectivity index (χ3n) is 4.26. The van der Waals surface area contributed by atoms with E-state index in [2.05, 4.69) is 25.4 Å². The summed E-state index contributed by atoms with van der Waals surface area (Å²) in [6, 6.07) is 15.5. The topological polar surface area (TPSA) is 88.4 Å². The Morgan fingerprint density at radius 3 is 2.50 bits per heavy atom. The van der Waals surface area contributed by atoms with Crippen LogP contribution in [0.5, 0.6) is 0 Å². The molecule has 0 radical (unpaired) electrons. The molecule has 7 heteroatoms. The van der Waals surface area contributed by atoms with Crippen LogP contribution in [0.15, 0.2) is 66.0 Å². The summed E-state index contributed by atoms with van der Waals surface area (Å²) in [7, 11) is 0. The van der Waals surface area contributed by atoms with Gasteiger partial charge >= 0.3 is 11.8 Å². The number of rotatable bonds is 5. The first-order chi connectivity index (χ1) is 13.6. The Labute approximate surface area is 163 Å². The maximum atomic E-state index is 11.9. The van der Waals surface area contributed by atoms with E-state index in [1.165, 1.54) is 6.21 Å². The minimum atomic E-state index is -0.817. The monoisotopic (exact) mass is 375 g/mol. The molecule has 2 aromatic heterocycles. The number of nitrogens with zero attached hydrogens (tertiary/aromatic N) is 3. The van der Waals surface area contributed by atoms with Gasteiger partial charge in [0.1, 0.15) is 0 Å². The van der Waals surface area contributed by atoms with E-state index in [0.29, 0.717) is 0 Å². The predicted octanol–water partition coefficient (Wildman–Crippen LogP) is 2.26. The van der Waals surface area contributed by atoms with Crippen LogP contribution in [0.2, 0.25) is 0 Å². The lowest BCUT2D eigenvalue weighted by atomic mass is 10.2. The molecule has 28 heavy (non-hydrogen) atoms. The van der Waals surface area contributed by atoms with Gasteiger partial charge in [-0.2, -0.15) is 5.10 Å². The number of pyridine rings is 1.